The Morgan fingerprint density at radius 3 is 2.51 bits per heavy atom. The summed E-state index contributed by atoms with van der Waals surface area (Å²) < 4.78 is 16.9. The fraction of sp³-hybridized carbons (Fsp3) is 0.786. The van der Waals surface area contributed by atoms with E-state index < -0.39 is 5.60 Å². The van der Waals surface area contributed by atoms with Gasteiger partial charge in [0.2, 0.25) is 0 Å². The minimum atomic E-state index is -0.983. The maximum Gasteiger partial charge on any atom is 0.302 e. The number of fused-ring (bicyclic) bond motifs is 3. The molecule has 5 rings (SSSR count). The number of nitrogens with two attached hydrogens (primary N) is 1. The number of aliphatic hydroxyl groups is 1. The van der Waals surface area contributed by atoms with Crippen molar-refractivity contribution in [2.24, 2.45) is 39.2 Å². The molecule has 0 amide bonds. The highest BCUT2D eigenvalue weighted by Gasteiger charge is 2.83. The number of furan rings is 1. The van der Waals surface area contributed by atoms with Crippen LogP contribution in [-0.4, -0.2) is 36.3 Å². The second-order valence-electron chi connectivity index (χ2n) is 12.4. The van der Waals surface area contributed by atoms with Crippen molar-refractivity contribution in [2.45, 2.75) is 90.8 Å². The fourth-order valence-electron chi connectivity index (χ4n) is 9.46. The van der Waals surface area contributed by atoms with Crippen molar-refractivity contribution in [2.75, 3.05) is 13.2 Å². The smallest absolute Gasteiger partial charge is 0.302 e. The SMILES string of the molecule is CC(=O)OC[C@H]1C[C@@H](OC(C)=O)CC[C@]1(C)[C@@]12CC[C@@]3(C)[C@@H](CC[C@@]3(O)c3ccco3)[C@@]1(CN)C2. The van der Waals surface area contributed by atoms with E-state index in [1.165, 1.54) is 13.8 Å². The molecule has 4 saturated carbocycles. The lowest BCUT2D eigenvalue weighted by atomic mass is 9.48. The van der Waals surface area contributed by atoms with Gasteiger partial charge in [-0.05, 0) is 92.2 Å². The van der Waals surface area contributed by atoms with E-state index in [1.807, 2.05) is 12.1 Å². The second kappa shape index (κ2) is 8.07. The topological polar surface area (TPSA) is 112 Å². The molecule has 35 heavy (non-hydrogen) atoms. The van der Waals surface area contributed by atoms with Gasteiger partial charge in [-0.1, -0.05) is 13.8 Å². The molecule has 7 heteroatoms. The van der Waals surface area contributed by atoms with Gasteiger partial charge in [0.25, 0.3) is 0 Å². The molecule has 1 aromatic rings. The van der Waals surface area contributed by atoms with Crippen LogP contribution in [0.25, 0.3) is 0 Å². The summed E-state index contributed by atoms with van der Waals surface area (Å²) in [7, 11) is 0. The molecular formula is C28H41NO6. The Morgan fingerprint density at radius 1 is 1.11 bits per heavy atom. The Hall–Kier alpha value is -1.86. The van der Waals surface area contributed by atoms with E-state index in [1.54, 1.807) is 6.26 Å². The zero-order valence-electron chi connectivity index (χ0n) is 21.6. The first-order valence-electron chi connectivity index (χ1n) is 13.3. The van der Waals surface area contributed by atoms with Crippen LogP contribution in [0.5, 0.6) is 0 Å². The van der Waals surface area contributed by atoms with E-state index in [4.69, 9.17) is 19.6 Å². The molecule has 4 aliphatic rings. The zero-order valence-corrected chi connectivity index (χ0v) is 21.6. The number of rotatable bonds is 6. The summed E-state index contributed by atoms with van der Waals surface area (Å²) in [6.07, 6.45) is 8.45. The molecular weight excluding hydrogens is 446 g/mol. The summed E-state index contributed by atoms with van der Waals surface area (Å²) in [5.74, 6) is 0.510. The molecule has 8 atom stereocenters. The minimum Gasteiger partial charge on any atom is -0.466 e. The molecule has 0 saturated heterocycles. The first kappa shape index (κ1) is 24.8. The Balaban J connectivity index is 1.48. The van der Waals surface area contributed by atoms with Crippen molar-refractivity contribution in [1.82, 2.24) is 0 Å². The van der Waals surface area contributed by atoms with E-state index in [0.717, 1.165) is 38.5 Å². The summed E-state index contributed by atoms with van der Waals surface area (Å²) >= 11 is 0. The van der Waals surface area contributed by atoms with Crippen LogP contribution in [0.4, 0.5) is 0 Å². The Labute approximate surface area is 208 Å². The number of ether oxygens (including phenoxy) is 2. The standard InChI is InChI=1S/C28H41NO6/c1-18(30)34-15-20-14-21(35-19(2)31)7-9-24(20,3)27-12-11-25(4)22(26(27,16-27)17-29)8-10-28(25,32)23-6-5-13-33-23/h5-6,13,20-22,32H,7-12,14-17,29H2,1-4H3/t20-,21+,22-,24+,25+,26+,27+,28-/m1/s1. The highest BCUT2D eigenvalue weighted by molar-refractivity contribution is 5.66. The normalized spacial score (nSPS) is 46.4. The maximum atomic E-state index is 12.0. The molecule has 0 spiro atoms. The van der Waals surface area contributed by atoms with Crippen LogP contribution in [0, 0.1) is 33.5 Å². The Bertz CT molecular complexity index is 994. The van der Waals surface area contributed by atoms with Gasteiger partial charge >= 0.3 is 11.9 Å². The third kappa shape index (κ3) is 3.23. The Kier molecular flexibility index (Phi) is 5.72. The molecule has 0 aromatic carbocycles. The van der Waals surface area contributed by atoms with Crippen LogP contribution in [-0.2, 0) is 24.7 Å². The lowest BCUT2D eigenvalue weighted by Gasteiger charge is -2.57. The molecule has 0 aliphatic heterocycles. The van der Waals surface area contributed by atoms with Crippen LogP contribution in [0.15, 0.2) is 22.8 Å². The molecule has 1 aromatic heterocycles. The number of esters is 2. The van der Waals surface area contributed by atoms with Crippen molar-refractivity contribution in [1.29, 1.82) is 0 Å². The molecule has 0 unspecified atom stereocenters. The average Bonchev–Trinajstić information content (AvgIpc) is 3.07. The van der Waals surface area contributed by atoms with E-state index >= 15 is 0 Å². The second-order valence-corrected chi connectivity index (χ2v) is 12.4. The van der Waals surface area contributed by atoms with E-state index in [9.17, 15) is 14.7 Å². The van der Waals surface area contributed by atoms with Gasteiger partial charge in [0, 0.05) is 25.2 Å². The summed E-state index contributed by atoms with van der Waals surface area (Å²) in [6, 6.07) is 3.76. The number of carbonyl (C=O) groups is 2. The van der Waals surface area contributed by atoms with Gasteiger partial charge in [0.1, 0.15) is 17.5 Å². The first-order chi connectivity index (χ1) is 16.5. The Morgan fingerprint density at radius 2 is 1.89 bits per heavy atom. The predicted octanol–water partition coefficient (Wildman–Crippen LogP) is 4.31. The molecule has 4 aliphatic carbocycles. The van der Waals surface area contributed by atoms with E-state index in [-0.39, 0.29) is 45.6 Å². The van der Waals surface area contributed by atoms with Crippen molar-refractivity contribution in [3.05, 3.63) is 24.2 Å². The molecule has 1 heterocycles. The van der Waals surface area contributed by atoms with Crippen LogP contribution in [0.2, 0.25) is 0 Å². The summed E-state index contributed by atoms with van der Waals surface area (Å²) in [4.78, 5) is 23.4. The van der Waals surface area contributed by atoms with Crippen molar-refractivity contribution in [3.8, 4) is 0 Å². The van der Waals surface area contributed by atoms with Gasteiger partial charge in [-0.25, -0.2) is 0 Å². The molecule has 0 radical (unpaired) electrons. The van der Waals surface area contributed by atoms with Gasteiger partial charge in [0.05, 0.1) is 12.9 Å². The third-order valence-electron chi connectivity index (χ3n) is 11.3. The van der Waals surface area contributed by atoms with Crippen LogP contribution in [0.1, 0.15) is 84.8 Å². The highest BCUT2D eigenvalue weighted by atomic mass is 16.5. The van der Waals surface area contributed by atoms with Crippen LogP contribution >= 0.6 is 0 Å². The number of hydrogen-bond acceptors (Lipinski definition) is 7. The molecule has 4 fully saturated rings. The lowest BCUT2D eigenvalue weighted by Crippen LogP contribution is -2.56. The number of carbonyl (C=O) groups excluding carboxylic acids is 2. The predicted molar refractivity (Wildman–Crippen MR) is 129 cm³/mol. The van der Waals surface area contributed by atoms with Crippen molar-refractivity contribution >= 4 is 11.9 Å². The fourth-order valence-corrected chi connectivity index (χ4v) is 9.46. The monoisotopic (exact) mass is 487 g/mol. The van der Waals surface area contributed by atoms with Crippen molar-refractivity contribution < 1.29 is 28.6 Å². The van der Waals surface area contributed by atoms with Gasteiger partial charge < -0.3 is 24.7 Å². The van der Waals surface area contributed by atoms with Gasteiger partial charge in [-0.2, -0.15) is 0 Å². The van der Waals surface area contributed by atoms with E-state index in [0.29, 0.717) is 37.7 Å². The average molecular weight is 488 g/mol. The summed E-state index contributed by atoms with van der Waals surface area (Å²) in [6.45, 7) is 8.43. The lowest BCUT2D eigenvalue weighted by molar-refractivity contribution is -0.168. The summed E-state index contributed by atoms with van der Waals surface area (Å²) in [5.41, 5.74) is 5.24. The van der Waals surface area contributed by atoms with Gasteiger partial charge in [-0.15, -0.1) is 0 Å². The molecule has 0 bridgehead atoms. The van der Waals surface area contributed by atoms with Crippen molar-refractivity contribution in [3.63, 3.8) is 0 Å². The zero-order chi connectivity index (χ0) is 25.3. The molecule has 194 valence electrons. The van der Waals surface area contributed by atoms with Gasteiger partial charge in [-0.3, -0.25) is 9.59 Å². The first-order valence-corrected chi connectivity index (χ1v) is 13.3. The van der Waals surface area contributed by atoms with Crippen LogP contribution in [0.3, 0.4) is 0 Å². The highest BCUT2D eigenvalue weighted by Crippen LogP contribution is 2.87. The minimum absolute atomic E-state index is 0.0271. The molecule has 7 nitrogen and oxygen atoms in total. The number of hydrogen-bond donors (Lipinski definition) is 2. The van der Waals surface area contributed by atoms with E-state index in [2.05, 4.69) is 13.8 Å². The largest absolute Gasteiger partial charge is 0.466 e. The summed E-state index contributed by atoms with van der Waals surface area (Å²) in [5, 5.41) is 12.0. The van der Waals surface area contributed by atoms with Crippen LogP contribution < -0.4 is 5.73 Å². The molecule has 3 N–H and O–H groups in total. The van der Waals surface area contributed by atoms with Gasteiger partial charge in [0.15, 0.2) is 0 Å². The maximum absolute atomic E-state index is 12.0. The quantitative estimate of drug-likeness (QED) is 0.575. The third-order valence-corrected chi connectivity index (χ3v) is 11.3.